The largest absolute Gasteiger partial charge is 0.507 e. The van der Waals surface area contributed by atoms with Gasteiger partial charge in [-0.3, -0.25) is 4.90 Å². The van der Waals surface area contributed by atoms with Crippen molar-refractivity contribution in [3.63, 3.8) is 0 Å². The number of nitrogens with zero attached hydrogens (tertiary/aromatic N) is 1. The number of rotatable bonds is 2. The van der Waals surface area contributed by atoms with Crippen LogP contribution in [0.5, 0.6) is 5.75 Å². The highest BCUT2D eigenvalue weighted by Gasteiger charge is 2.37. The molecule has 0 bridgehead atoms. The molecule has 1 aromatic carbocycles. The molecule has 5 heteroatoms. The fraction of sp³-hybridized carbons (Fsp3) is 0.625. The summed E-state index contributed by atoms with van der Waals surface area (Å²) in [5, 5.41) is 9.39. The van der Waals surface area contributed by atoms with E-state index in [0.717, 1.165) is 37.4 Å². The summed E-state index contributed by atoms with van der Waals surface area (Å²) in [6.45, 7) is 1.52. The second-order valence-electron chi connectivity index (χ2n) is 6.22. The van der Waals surface area contributed by atoms with E-state index >= 15 is 0 Å². The molecule has 2 nitrogen and oxygen atoms in total. The van der Waals surface area contributed by atoms with Gasteiger partial charge >= 0.3 is 6.18 Å². The summed E-state index contributed by atoms with van der Waals surface area (Å²) < 4.78 is 38.5. The van der Waals surface area contributed by atoms with Gasteiger partial charge in [-0.15, -0.1) is 0 Å². The zero-order valence-corrected chi connectivity index (χ0v) is 11.9. The fourth-order valence-electron chi connectivity index (χ4n) is 3.84. The Balaban J connectivity index is 1.76. The SMILES string of the molecule is Oc1ccc(CN2CCC3CCCCC32)cc1C(F)(F)F. The Kier molecular flexibility index (Phi) is 3.86. The van der Waals surface area contributed by atoms with Crippen molar-refractivity contribution in [3.05, 3.63) is 29.3 Å². The lowest BCUT2D eigenvalue weighted by molar-refractivity contribution is -0.138. The summed E-state index contributed by atoms with van der Waals surface area (Å²) in [6, 6.07) is 4.38. The third-order valence-electron chi connectivity index (χ3n) is 4.88. The predicted molar refractivity (Wildman–Crippen MR) is 73.9 cm³/mol. The van der Waals surface area contributed by atoms with E-state index in [2.05, 4.69) is 4.90 Å². The van der Waals surface area contributed by atoms with Gasteiger partial charge in [-0.1, -0.05) is 18.9 Å². The first-order valence-electron chi connectivity index (χ1n) is 7.58. The Bertz CT molecular complexity index is 515. The summed E-state index contributed by atoms with van der Waals surface area (Å²) in [6.07, 6.45) is 1.58. The van der Waals surface area contributed by atoms with E-state index in [1.807, 2.05) is 0 Å². The molecule has 116 valence electrons. The van der Waals surface area contributed by atoms with Crippen LogP contribution in [0.15, 0.2) is 18.2 Å². The van der Waals surface area contributed by atoms with Gasteiger partial charge in [-0.05, 0) is 49.4 Å². The highest BCUT2D eigenvalue weighted by atomic mass is 19.4. The van der Waals surface area contributed by atoms with Crippen LogP contribution in [0.1, 0.15) is 43.2 Å². The summed E-state index contributed by atoms with van der Waals surface area (Å²) in [7, 11) is 0. The summed E-state index contributed by atoms with van der Waals surface area (Å²) >= 11 is 0. The van der Waals surface area contributed by atoms with E-state index < -0.39 is 17.5 Å². The molecule has 0 radical (unpaired) electrons. The lowest BCUT2D eigenvalue weighted by Crippen LogP contribution is -2.34. The standard InChI is InChI=1S/C16H20F3NO/c17-16(18,19)13-9-11(5-6-15(13)21)10-20-8-7-12-3-1-2-4-14(12)20/h5-6,9,12,14,21H,1-4,7-8,10H2. The van der Waals surface area contributed by atoms with E-state index in [4.69, 9.17) is 0 Å². The molecule has 0 amide bonds. The smallest absolute Gasteiger partial charge is 0.419 e. The number of phenols is 1. The van der Waals surface area contributed by atoms with Crippen molar-refractivity contribution < 1.29 is 18.3 Å². The minimum absolute atomic E-state index is 0.530. The van der Waals surface area contributed by atoms with Crippen molar-refractivity contribution in [2.75, 3.05) is 6.54 Å². The number of alkyl halides is 3. The van der Waals surface area contributed by atoms with Gasteiger partial charge in [0.25, 0.3) is 0 Å². The Morgan fingerprint density at radius 1 is 1.14 bits per heavy atom. The molecule has 0 spiro atoms. The molecule has 2 unspecified atom stereocenters. The van der Waals surface area contributed by atoms with Gasteiger partial charge in [0.15, 0.2) is 0 Å². The van der Waals surface area contributed by atoms with Crippen LogP contribution in [0.4, 0.5) is 13.2 Å². The minimum Gasteiger partial charge on any atom is -0.507 e. The van der Waals surface area contributed by atoms with Gasteiger partial charge in [0, 0.05) is 12.6 Å². The van der Waals surface area contributed by atoms with Crippen LogP contribution in [-0.4, -0.2) is 22.6 Å². The highest BCUT2D eigenvalue weighted by molar-refractivity contribution is 5.38. The minimum atomic E-state index is -4.50. The van der Waals surface area contributed by atoms with Gasteiger partial charge < -0.3 is 5.11 Å². The number of fused-ring (bicyclic) bond motifs is 1. The summed E-state index contributed by atoms with van der Waals surface area (Å²) in [4.78, 5) is 2.32. The van der Waals surface area contributed by atoms with Crippen molar-refractivity contribution in [1.82, 2.24) is 4.90 Å². The predicted octanol–water partition coefficient (Wildman–Crippen LogP) is 4.18. The van der Waals surface area contributed by atoms with Crippen molar-refractivity contribution in [3.8, 4) is 5.75 Å². The van der Waals surface area contributed by atoms with Crippen LogP contribution in [0.2, 0.25) is 0 Å². The van der Waals surface area contributed by atoms with Gasteiger partial charge in [0.1, 0.15) is 5.75 Å². The molecule has 1 N–H and O–H groups in total. The monoisotopic (exact) mass is 299 g/mol. The summed E-state index contributed by atoms with van der Waals surface area (Å²) in [5.74, 6) is 0.0289. The molecule has 1 saturated carbocycles. The zero-order valence-electron chi connectivity index (χ0n) is 11.9. The maximum Gasteiger partial charge on any atom is 0.419 e. The van der Waals surface area contributed by atoms with Crippen LogP contribution in [-0.2, 0) is 12.7 Å². The number of halogens is 3. The highest BCUT2D eigenvalue weighted by Crippen LogP contribution is 2.39. The van der Waals surface area contributed by atoms with Crippen LogP contribution in [0, 0.1) is 5.92 Å². The Morgan fingerprint density at radius 2 is 1.90 bits per heavy atom. The molecule has 21 heavy (non-hydrogen) atoms. The van der Waals surface area contributed by atoms with Crippen molar-refractivity contribution in [2.24, 2.45) is 5.92 Å². The number of phenolic OH excluding ortho intramolecular Hbond substituents is 1. The second kappa shape index (κ2) is 5.52. The van der Waals surface area contributed by atoms with Gasteiger partial charge in [0.05, 0.1) is 5.56 Å². The number of hydrogen-bond acceptors (Lipinski definition) is 2. The van der Waals surface area contributed by atoms with Crippen LogP contribution >= 0.6 is 0 Å². The molecular weight excluding hydrogens is 279 g/mol. The third kappa shape index (κ3) is 3.03. The third-order valence-corrected chi connectivity index (χ3v) is 4.88. The lowest BCUT2D eigenvalue weighted by Gasteiger charge is -2.31. The van der Waals surface area contributed by atoms with Gasteiger partial charge in [-0.2, -0.15) is 13.2 Å². The normalized spacial score (nSPS) is 26.8. The van der Waals surface area contributed by atoms with Crippen molar-refractivity contribution in [1.29, 1.82) is 0 Å². The van der Waals surface area contributed by atoms with E-state index in [1.54, 1.807) is 6.07 Å². The van der Waals surface area contributed by atoms with Gasteiger partial charge in [-0.25, -0.2) is 0 Å². The average Bonchev–Trinajstić information content (AvgIpc) is 2.83. The first-order valence-corrected chi connectivity index (χ1v) is 7.58. The molecular formula is C16H20F3NO. The number of likely N-dealkylation sites (tertiary alicyclic amines) is 1. The van der Waals surface area contributed by atoms with E-state index in [-0.39, 0.29) is 0 Å². The fourth-order valence-corrected chi connectivity index (χ4v) is 3.84. The number of hydrogen-bond donors (Lipinski definition) is 1. The van der Waals surface area contributed by atoms with E-state index in [9.17, 15) is 18.3 Å². The molecule has 2 atom stereocenters. The molecule has 2 aliphatic rings. The molecule has 3 rings (SSSR count). The molecule has 1 aliphatic heterocycles. The van der Waals surface area contributed by atoms with Crippen molar-refractivity contribution >= 4 is 0 Å². The number of benzene rings is 1. The van der Waals surface area contributed by atoms with Gasteiger partial charge in [0.2, 0.25) is 0 Å². The molecule has 1 aliphatic carbocycles. The van der Waals surface area contributed by atoms with E-state index in [1.165, 1.54) is 19.3 Å². The van der Waals surface area contributed by atoms with Crippen LogP contribution < -0.4 is 0 Å². The molecule has 2 fully saturated rings. The topological polar surface area (TPSA) is 23.5 Å². The average molecular weight is 299 g/mol. The quantitative estimate of drug-likeness (QED) is 0.885. The molecule has 1 heterocycles. The van der Waals surface area contributed by atoms with Crippen molar-refractivity contribution in [2.45, 2.75) is 50.9 Å². The Labute approximate surface area is 122 Å². The Morgan fingerprint density at radius 3 is 2.67 bits per heavy atom. The maximum absolute atomic E-state index is 12.8. The molecule has 0 aromatic heterocycles. The first kappa shape index (κ1) is 14.7. The Hall–Kier alpha value is -1.23. The molecule has 1 aromatic rings. The van der Waals surface area contributed by atoms with E-state index in [0.29, 0.717) is 18.2 Å². The lowest BCUT2D eigenvalue weighted by atomic mass is 9.85. The van der Waals surface area contributed by atoms with Crippen LogP contribution in [0.25, 0.3) is 0 Å². The zero-order chi connectivity index (χ0) is 15.0. The molecule has 1 saturated heterocycles. The summed E-state index contributed by atoms with van der Waals surface area (Å²) in [5.41, 5.74) is -0.300. The maximum atomic E-state index is 12.8. The number of aromatic hydroxyl groups is 1. The second-order valence-corrected chi connectivity index (χ2v) is 6.22. The van der Waals surface area contributed by atoms with Crippen LogP contribution in [0.3, 0.4) is 0 Å². The first-order chi connectivity index (χ1) is 9.95.